The Kier molecular flexibility index (Phi) is 4.74. The molecule has 2 heterocycles. The lowest BCUT2D eigenvalue weighted by Crippen LogP contribution is -2.44. The van der Waals surface area contributed by atoms with Crippen LogP contribution in [0.5, 0.6) is 0 Å². The predicted octanol–water partition coefficient (Wildman–Crippen LogP) is 1.11. The van der Waals surface area contributed by atoms with Gasteiger partial charge in [-0.15, -0.1) is 0 Å². The molecule has 5 heteroatoms. The first-order valence-electron chi connectivity index (χ1n) is 7.00. The Hall–Kier alpha value is -1.88. The lowest BCUT2D eigenvalue weighted by molar-refractivity contribution is -0.113. The lowest BCUT2D eigenvalue weighted by Gasteiger charge is -2.33. The van der Waals surface area contributed by atoms with Crippen LogP contribution in [0.25, 0.3) is 5.57 Å². The molecular weight excluding hydrogens is 252 g/mol. The van der Waals surface area contributed by atoms with Gasteiger partial charge in [-0.25, -0.2) is 0 Å². The highest BCUT2D eigenvalue weighted by atomic mass is 16.1. The van der Waals surface area contributed by atoms with Crippen molar-refractivity contribution in [2.45, 2.75) is 13.3 Å². The average Bonchev–Trinajstić information content (AvgIpc) is 2.49. The van der Waals surface area contributed by atoms with Crippen molar-refractivity contribution in [3.8, 4) is 0 Å². The molecule has 1 aromatic rings. The number of anilines is 1. The van der Waals surface area contributed by atoms with Gasteiger partial charge in [0.15, 0.2) is 5.78 Å². The summed E-state index contributed by atoms with van der Waals surface area (Å²) in [7, 11) is 2.13. The number of piperazine rings is 1. The molecular formula is C15H22N4O. The first-order valence-corrected chi connectivity index (χ1v) is 7.00. The van der Waals surface area contributed by atoms with Crippen molar-refractivity contribution in [2.75, 3.05) is 38.1 Å². The van der Waals surface area contributed by atoms with Crippen LogP contribution in [0, 0.1) is 0 Å². The van der Waals surface area contributed by atoms with E-state index in [1.807, 2.05) is 25.3 Å². The van der Waals surface area contributed by atoms with Crippen LogP contribution in [0.4, 0.5) is 5.69 Å². The molecule has 0 bridgehead atoms. The van der Waals surface area contributed by atoms with Gasteiger partial charge in [-0.2, -0.15) is 0 Å². The van der Waals surface area contributed by atoms with Gasteiger partial charge in [-0.3, -0.25) is 9.78 Å². The Morgan fingerprint density at radius 3 is 2.55 bits per heavy atom. The SMILES string of the molecule is CCC(=O)C(=CN)c1ccc(N2CCN(C)CC2)cn1. The number of rotatable bonds is 4. The maximum absolute atomic E-state index is 11.8. The fourth-order valence-electron chi connectivity index (χ4n) is 2.31. The van der Waals surface area contributed by atoms with E-state index in [2.05, 4.69) is 21.8 Å². The van der Waals surface area contributed by atoms with E-state index < -0.39 is 0 Å². The molecule has 0 unspecified atom stereocenters. The number of pyridine rings is 1. The second kappa shape index (κ2) is 6.52. The van der Waals surface area contributed by atoms with Crippen molar-refractivity contribution in [1.29, 1.82) is 0 Å². The number of nitrogens with two attached hydrogens (primary N) is 1. The van der Waals surface area contributed by atoms with Gasteiger partial charge in [0.25, 0.3) is 0 Å². The lowest BCUT2D eigenvalue weighted by atomic mass is 10.1. The summed E-state index contributed by atoms with van der Waals surface area (Å²) in [6, 6.07) is 3.89. The summed E-state index contributed by atoms with van der Waals surface area (Å²) >= 11 is 0. The fourth-order valence-corrected chi connectivity index (χ4v) is 2.31. The van der Waals surface area contributed by atoms with Crippen LogP contribution in [0.1, 0.15) is 19.0 Å². The van der Waals surface area contributed by atoms with Gasteiger partial charge in [-0.1, -0.05) is 6.92 Å². The molecule has 0 spiro atoms. The quantitative estimate of drug-likeness (QED) is 0.833. The zero-order chi connectivity index (χ0) is 14.5. The molecule has 1 aromatic heterocycles. The number of hydrogen-bond donors (Lipinski definition) is 1. The van der Waals surface area contributed by atoms with Gasteiger partial charge in [0.2, 0.25) is 0 Å². The number of likely N-dealkylation sites (N-methyl/N-ethyl adjacent to an activating group) is 1. The predicted molar refractivity (Wildman–Crippen MR) is 81.4 cm³/mol. The van der Waals surface area contributed by atoms with Crippen LogP contribution in [0.3, 0.4) is 0 Å². The maximum Gasteiger partial charge on any atom is 0.166 e. The van der Waals surface area contributed by atoms with Gasteiger partial charge in [0.1, 0.15) is 0 Å². The van der Waals surface area contributed by atoms with Crippen molar-refractivity contribution in [2.24, 2.45) is 5.73 Å². The summed E-state index contributed by atoms with van der Waals surface area (Å²) in [6.07, 6.45) is 3.61. The number of aromatic nitrogens is 1. The zero-order valence-electron chi connectivity index (χ0n) is 12.2. The number of carbonyl (C=O) groups is 1. The van der Waals surface area contributed by atoms with Crippen molar-refractivity contribution >= 4 is 17.0 Å². The van der Waals surface area contributed by atoms with Crippen molar-refractivity contribution < 1.29 is 4.79 Å². The Bertz CT molecular complexity index is 487. The van der Waals surface area contributed by atoms with Gasteiger partial charge in [0.05, 0.1) is 23.2 Å². The van der Waals surface area contributed by atoms with Crippen LogP contribution < -0.4 is 10.6 Å². The van der Waals surface area contributed by atoms with E-state index >= 15 is 0 Å². The summed E-state index contributed by atoms with van der Waals surface area (Å²) in [5.41, 5.74) is 7.79. The topological polar surface area (TPSA) is 62.5 Å². The molecule has 1 aliphatic heterocycles. The molecule has 0 aliphatic carbocycles. The third-order valence-corrected chi connectivity index (χ3v) is 3.68. The normalized spacial score (nSPS) is 17.3. The van der Waals surface area contributed by atoms with E-state index in [9.17, 15) is 4.79 Å². The molecule has 1 saturated heterocycles. The third-order valence-electron chi connectivity index (χ3n) is 3.68. The van der Waals surface area contributed by atoms with Gasteiger partial charge < -0.3 is 15.5 Å². The third kappa shape index (κ3) is 3.17. The first-order chi connectivity index (χ1) is 9.65. The minimum atomic E-state index is 0.0207. The number of carbonyl (C=O) groups excluding carboxylic acids is 1. The van der Waals surface area contributed by atoms with Crippen LogP contribution in [0.15, 0.2) is 24.5 Å². The second-order valence-corrected chi connectivity index (χ2v) is 5.05. The molecule has 0 atom stereocenters. The fraction of sp³-hybridized carbons (Fsp3) is 0.467. The Morgan fingerprint density at radius 2 is 2.05 bits per heavy atom. The summed E-state index contributed by atoms with van der Waals surface area (Å²) in [4.78, 5) is 20.8. The van der Waals surface area contributed by atoms with E-state index in [0.717, 1.165) is 31.9 Å². The average molecular weight is 274 g/mol. The highest BCUT2D eigenvalue weighted by Gasteiger charge is 2.15. The number of Topliss-reactive ketones (excluding diaryl/α,β-unsaturated/α-hetero) is 1. The van der Waals surface area contributed by atoms with E-state index in [0.29, 0.717) is 17.7 Å². The number of ketones is 1. The van der Waals surface area contributed by atoms with Crippen LogP contribution in [-0.2, 0) is 4.79 Å². The molecule has 5 nitrogen and oxygen atoms in total. The van der Waals surface area contributed by atoms with Gasteiger partial charge >= 0.3 is 0 Å². The number of allylic oxidation sites excluding steroid dienone is 1. The monoisotopic (exact) mass is 274 g/mol. The summed E-state index contributed by atoms with van der Waals surface area (Å²) in [5, 5.41) is 0. The number of nitrogens with zero attached hydrogens (tertiary/aromatic N) is 3. The largest absolute Gasteiger partial charge is 0.404 e. The molecule has 1 fully saturated rings. The Morgan fingerprint density at radius 1 is 1.35 bits per heavy atom. The molecule has 108 valence electrons. The molecule has 0 saturated carbocycles. The molecule has 0 amide bonds. The molecule has 0 radical (unpaired) electrons. The number of hydrogen-bond acceptors (Lipinski definition) is 5. The standard InChI is InChI=1S/C15H22N4O/c1-3-15(20)13(10-16)14-5-4-12(11-17-14)19-8-6-18(2)7-9-19/h4-5,10-11H,3,6-9,16H2,1-2H3. The van der Waals surface area contributed by atoms with E-state index in [1.54, 1.807) is 0 Å². The molecule has 2 rings (SSSR count). The van der Waals surface area contributed by atoms with E-state index in [1.165, 1.54) is 6.20 Å². The minimum absolute atomic E-state index is 0.0207. The summed E-state index contributed by atoms with van der Waals surface area (Å²) in [5.74, 6) is 0.0207. The molecule has 0 aromatic carbocycles. The Labute approximate surface area is 120 Å². The smallest absolute Gasteiger partial charge is 0.166 e. The molecule has 1 aliphatic rings. The molecule has 20 heavy (non-hydrogen) atoms. The van der Waals surface area contributed by atoms with Gasteiger partial charge in [-0.05, 0) is 19.2 Å². The van der Waals surface area contributed by atoms with Crippen LogP contribution >= 0.6 is 0 Å². The van der Waals surface area contributed by atoms with Crippen LogP contribution in [0.2, 0.25) is 0 Å². The van der Waals surface area contributed by atoms with E-state index in [-0.39, 0.29) is 5.78 Å². The van der Waals surface area contributed by atoms with Crippen molar-refractivity contribution in [1.82, 2.24) is 9.88 Å². The summed E-state index contributed by atoms with van der Waals surface area (Å²) < 4.78 is 0. The van der Waals surface area contributed by atoms with Crippen LogP contribution in [-0.4, -0.2) is 48.9 Å². The van der Waals surface area contributed by atoms with E-state index in [4.69, 9.17) is 5.73 Å². The first kappa shape index (κ1) is 14.5. The minimum Gasteiger partial charge on any atom is -0.404 e. The Balaban J connectivity index is 2.12. The summed E-state index contributed by atoms with van der Waals surface area (Å²) in [6.45, 7) is 5.95. The highest BCUT2D eigenvalue weighted by molar-refractivity contribution is 6.19. The zero-order valence-corrected chi connectivity index (χ0v) is 12.2. The highest BCUT2D eigenvalue weighted by Crippen LogP contribution is 2.19. The van der Waals surface area contributed by atoms with Crippen molar-refractivity contribution in [3.63, 3.8) is 0 Å². The second-order valence-electron chi connectivity index (χ2n) is 5.05. The molecule has 2 N–H and O–H groups in total. The maximum atomic E-state index is 11.8. The van der Waals surface area contributed by atoms with Gasteiger partial charge in [0, 0.05) is 38.8 Å². The van der Waals surface area contributed by atoms with Crippen molar-refractivity contribution in [3.05, 3.63) is 30.2 Å².